The Morgan fingerprint density at radius 3 is 2.35 bits per heavy atom. The molecule has 31 heavy (non-hydrogen) atoms. The lowest BCUT2D eigenvalue weighted by atomic mass is 9.88. The van der Waals surface area contributed by atoms with Crippen LogP contribution in [0, 0.1) is 11.8 Å². The predicted octanol–water partition coefficient (Wildman–Crippen LogP) is 2.51. The van der Waals surface area contributed by atoms with Crippen molar-refractivity contribution in [2.24, 2.45) is 11.8 Å². The zero-order chi connectivity index (χ0) is 22.6. The lowest BCUT2D eigenvalue weighted by Gasteiger charge is -2.19. The van der Waals surface area contributed by atoms with Crippen LogP contribution >= 0.6 is 0 Å². The second-order valence-corrected chi connectivity index (χ2v) is 12.1. The number of aliphatic carboxylic acids is 1. The minimum absolute atomic E-state index is 0.119. The third kappa shape index (κ3) is 5.94. The first-order chi connectivity index (χ1) is 14.6. The van der Waals surface area contributed by atoms with E-state index in [2.05, 4.69) is 11.3 Å². The molecule has 0 radical (unpaired) electrons. The number of carboxylic acids is 1. The first kappa shape index (κ1) is 23.9. The molecule has 10 heteroatoms. The molecule has 172 valence electrons. The van der Waals surface area contributed by atoms with Crippen molar-refractivity contribution in [1.29, 1.82) is 0 Å². The highest BCUT2D eigenvalue weighted by Crippen LogP contribution is 2.35. The monoisotopic (exact) mass is 470 g/mol. The fraction of sp³-hybridized carbons (Fsp3) is 0.571. The summed E-state index contributed by atoms with van der Waals surface area (Å²) in [6.45, 7) is 3.93. The van der Waals surface area contributed by atoms with Crippen LogP contribution in [0.25, 0.3) is 0 Å². The van der Waals surface area contributed by atoms with Gasteiger partial charge in [0.05, 0.1) is 10.8 Å². The summed E-state index contributed by atoms with van der Waals surface area (Å²) < 4.78 is 52.7. The van der Waals surface area contributed by atoms with E-state index in [-0.39, 0.29) is 23.9 Å². The molecule has 3 rings (SSSR count). The fourth-order valence-corrected chi connectivity index (χ4v) is 6.57. The zero-order valence-electron chi connectivity index (χ0n) is 17.4. The Balaban J connectivity index is 1.66. The molecule has 0 amide bonds. The van der Waals surface area contributed by atoms with Gasteiger partial charge in [0.25, 0.3) is 0 Å². The fourth-order valence-electron chi connectivity index (χ4n) is 4.46. The van der Waals surface area contributed by atoms with Gasteiger partial charge in [-0.15, -0.1) is 0 Å². The Morgan fingerprint density at radius 2 is 1.77 bits per heavy atom. The number of hydrogen-bond acceptors (Lipinski definition) is 5. The van der Waals surface area contributed by atoms with Crippen LogP contribution in [-0.2, 0) is 24.8 Å². The van der Waals surface area contributed by atoms with E-state index in [1.165, 1.54) is 16.4 Å². The Labute approximate surface area is 184 Å². The predicted molar refractivity (Wildman–Crippen MR) is 117 cm³/mol. The van der Waals surface area contributed by atoms with Crippen LogP contribution in [-0.4, -0.2) is 51.9 Å². The van der Waals surface area contributed by atoms with E-state index in [9.17, 15) is 26.7 Å². The van der Waals surface area contributed by atoms with E-state index in [0.29, 0.717) is 30.9 Å². The van der Waals surface area contributed by atoms with Gasteiger partial charge in [-0.25, -0.2) is 21.6 Å². The average Bonchev–Trinajstić information content (AvgIpc) is 3.43. The largest absolute Gasteiger partial charge is 0.481 e. The van der Waals surface area contributed by atoms with E-state index < -0.39 is 31.9 Å². The van der Waals surface area contributed by atoms with E-state index in [0.717, 1.165) is 31.1 Å². The third-order valence-electron chi connectivity index (χ3n) is 6.30. The Bertz CT molecular complexity index is 999. The maximum atomic E-state index is 13.0. The number of benzene rings is 1. The van der Waals surface area contributed by atoms with Crippen LogP contribution < -0.4 is 4.72 Å². The molecule has 1 saturated carbocycles. The molecule has 1 heterocycles. The Morgan fingerprint density at radius 1 is 1.13 bits per heavy atom. The number of nitrogens with zero attached hydrogens (tertiary/aromatic N) is 1. The molecule has 1 aliphatic heterocycles. The molecule has 1 aliphatic carbocycles. The smallest absolute Gasteiger partial charge is 0.310 e. The summed E-state index contributed by atoms with van der Waals surface area (Å²) in [7, 11) is -7.27. The number of carbonyl (C=O) groups is 1. The number of nitrogens with one attached hydrogen (secondary N) is 1. The van der Waals surface area contributed by atoms with Gasteiger partial charge in [-0.2, -0.15) is 4.31 Å². The number of hydrogen-bond donors (Lipinski definition) is 2. The van der Waals surface area contributed by atoms with Crippen molar-refractivity contribution in [3.05, 3.63) is 41.8 Å². The maximum absolute atomic E-state index is 13.0. The van der Waals surface area contributed by atoms with Gasteiger partial charge < -0.3 is 5.11 Å². The first-order valence-corrected chi connectivity index (χ1v) is 13.6. The second kappa shape index (κ2) is 9.81. The summed E-state index contributed by atoms with van der Waals surface area (Å²) in [4.78, 5) is 11.9. The first-order valence-electron chi connectivity index (χ1n) is 10.6. The van der Waals surface area contributed by atoms with Crippen molar-refractivity contribution in [3.63, 3.8) is 0 Å². The van der Waals surface area contributed by atoms with E-state index in [1.54, 1.807) is 12.1 Å². The molecule has 1 saturated heterocycles. The summed E-state index contributed by atoms with van der Waals surface area (Å²) >= 11 is 0. The van der Waals surface area contributed by atoms with Gasteiger partial charge in [0, 0.05) is 25.0 Å². The zero-order valence-corrected chi connectivity index (χ0v) is 19.1. The molecular weight excluding hydrogens is 440 g/mol. The van der Waals surface area contributed by atoms with Crippen LogP contribution in [0.5, 0.6) is 0 Å². The molecule has 0 spiro atoms. The molecule has 8 nitrogen and oxygen atoms in total. The Kier molecular flexibility index (Phi) is 7.56. The quantitative estimate of drug-likeness (QED) is 0.542. The van der Waals surface area contributed by atoms with E-state index in [1.807, 2.05) is 0 Å². The van der Waals surface area contributed by atoms with Crippen molar-refractivity contribution < 1.29 is 26.7 Å². The lowest BCUT2D eigenvalue weighted by molar-refractivity contribution is -0.139. The molecule has 2 aliphatic rings. The van der Waals surface area contributed by atoms with Crippen LogP contribution in [0.15, 0.2) is 41.1 Å². The molecule has 1 aromatic rings. The highest BCUT2D eigenvalue weighted by atomic mass is 32.2. The topological polar surface area (TPSA) is 121 Å². The molecule has 2 atom stereocenters. The summed E-state index contributed by atoms with van der Waals surface area (Å²) in [6.07, 6.45) is 5.51. The highest BCUT2D eigenvalue weighted by Gasteiger charge is 2.33. The van der Waals surface area contributed by atoms with Crippen LogP contribution in [0.1, 0.15) is 50.0 Å². The molecule has 1 aromatic carbocycles. The molecule has 2 N–H and O–H groups in total. The SMILES string of the molecule is C=CS(=O)(=O)NC[C@H]1CCN(S(=O)(=O)c2ccc(C(CC3CCCC3)C(=O)O)cc2)C1. The van der Waals surface area contributed by atoms with Gasteiger partial charge in [0.1, 0.15) is 0 Å². The van der Waals surface area contributed by atoms with Crippen molar-refractivity contribution in [1.82, 2.24) is 9.03 Å². The van der Waals surface area contributed by atoms with Gasteiger partial charge >= 0.3 is 5.97 Å². The minimum atomic E-state index is -3.73. The van der Waals surface area contributed by atoms with E-state index in [4.69, 9.17) is 0 Å². The number of carboxylic acid groups (broad SMARTS) is 1. The second-order valence-electron chi connectivity index (χ2n) is 8.42. The van der Waals surface area contributed by atoms with Gasteiger partial charge in [0.2, 0.25) is 20.0 Å². The van der Waals surface area contributed by atoms with Crippen molar-refractivity contribution in [3.8, 4) is 0 Å². The van der Waals surface area contributed by atoms with Gasteiger partial charge in [-0.05, 0) is 42.4 Å². The summed E-state index contributed by atoms with van der Waals surface area (Å²) in [5.41, 5.74) is 0.622. The van der Waals surface area contributed by atoms with E-state index >= 15 is 0 Å². The molecule has 0 bridgehead atoms. The summed E-state index contributed by atoms with van der Waals surface area (Å²) in [5, 5.41) is 10.5. The molecule has 2 fully saturated rings. The number of rotatable bonds is 10. The van der Waals surface area contributed by atoms with Crippen molar-refractivity contribution in [2.75, 3.05) is 19.6 Å². The Hall–Kier alpha value is -1.75. The van der Waals surface area contributed by atoms with Crippen LogP contribution in [0.4, 0.5) is 0 Å². The summed E-state index contributed by atoms with van der Waals surface area (Å²) in [5.74, 6) is -1.23. The third-order valence-corrected chi connectivity index (χ3v) is 9.19. The van der Waals surface area contributed by atoms with Crippen molar-refractivity contribution >= 4 is 26.0 Å². The van der Waals surface area contributed by atoms with Crippen LogP contribution in [0.2, 0.25) is 0 Å². The van der Waals surface area contributed by atoms with Gasteiger partial charge in [-0.1, -0.05) is 44.4 Å². The summed E-state index contributed by atoms with van der Waals surface area (Å²) in [6, 6.07) is 6.16. The number of sulfonamides is 2. The minimum Gasteiger partial charge on any atom is -0.481 e. The average molecular weight is 471 g/mol. The normalized spacial score (nSPS) is 21.9. The molecular formula is C21H30N2O6S2. The van der Waals surface area contributed by atoms with Crippen LogP contribution in [0.3, 0.4) is 0 Å². The van der Waals surface area contributed by atoms with Crippen molar-refractivity contribution in [2.45, 2.75) is 49.3 Å². The maximum Gasteiger partial charge on any atom is 0.310 e. The highest BCUT2D eigenvalue weighted by molar-refractivity contribution is 7.92. The van der Waals surface area contributed by atoms with Gasteiger partial charge in [0.15, 0.2) is 0 Å². The van der Waals surface area contributed by atoms with Gasteiger partial charge in [-0.3, -0.25) is 4.79 Å². The standard InChI is InChI=1S/C21H30N2O6S2/c1-2-30(26,27)22-14-17-11-12-23(15-17)31(28,29)19-9-7-18(8-10-19)20(21(24)25)13-16-5-3-4-6-16/h2,7-10,16-17,20,22H,1,3-6,11-15H2,(H,24,25)/t17-,20?/m1/s1. The molecule has 1 unspecified atom stereocenters. The lowest BCUT2D eigenvalue weighted by Crippen LogP contribution is -2.32. The molecule has 0 aromatic heterocycles.